The van der Waals surface area contributed by atoms with E-state index in [1.54, 1.807) is 25.3 Å². The maximum atomic E-state index is 13.3. The van der Waals surface area contributed by atoms with Crippen LogP contribution < -0.4 is 10.6 Å². The number of fused-ring (bicyclic) bond motifs is 2. The molecular weight excluding hydrogens is 585 g/mol. The Kier molecular flexibility index (Phi) is 8.40. The molecule has 0 bridgehead atoms. The summed E-state index contributed by atoms with van der Waals surface area (Å²) in [5.74, 6) is -0.901. The molecule has 1 aromatic heterocycles. The number of carbonyl (C=O) groups is 2. The van der Waals surface area contributed by atoms with Crippen LogP contribution in [0.1, 0.15) is 43.1 Å². The molecule has 0 atom stereocenters. The van der Waals surface area contributed by atoms with Crippen LogP contribution in [-0.4, -0.2) is 63.0 Å². The molecule has 9 nitrogen and oxygen atoms in total. The van der Waals surface area contributed by atoms with E-state index >= 15 is 0 Å². The fourth-order valence-electron chi connectivity index (χ4n) is 5.43. The molecule has 43 heavy (non-hydrogen) atoms. The normalized spacial score (nSPS) is 16.1. The zero-order valence-electron chi connectivity index (χ0n) is 23.8. The molecule has 1 saturated heterocycles. The van der Waals surface area contributed by atoms with Gasteiger partial charge < -0.3 is 15.4 Å². The van der Waals surface area contributed by atoms with Crippen molar-refractivity contribution in [3.8, 4) is 10.6 Å². The van der Waals surface area contributed by atoms with Crippen molar-refractivity contribution >= 4 is 38.7 Å². The van der Waals surface area contributed by atoms with Crippen LogP contribution in [0.2, 0.25) is 0 Å². The lowest BCUT2D eigenvalue weighted by Crippen LogP contribution is -2.36. The van der Waals surface area contributed by atoms with Crippen molar-refractivity contribution in [2.45, 2.75) is 36.1 Å². The number of morpholine rings is 1. The second kappa shape index (κ2) is 12.4. The highest BCUT2D eigenvalue weighted by molar-refractivity contribution is 7.91. The Balaban J connectivity index is 1.09. The van der Waals surface area contributed by atoms with Crippen molar-refractivity contribution in [1.82, 2.24) is 15.2 Å². The van der Waals surface area contributed by atoms with Crippen LogP contribution in [0.4, 0.5) is 5.69 Å². The van der Waals surface area contributed by atoms with Crippen molar-refractivity contribution < 1.29 is 22.7 Å². The first-order valence-electron chi connectivity index (χ1n) is 14.2. The van der Waals surface area contributed by atoms with Gasteiger partial charge in [-0.2, -0.15) is 0 Å². The van der Waals surface area contributed by atoms with Gasteiger partial charge in [0, 0.05) is 35.3 Å². The van der Waals surface area contributed by atoms with Crippen LogP contribution in [0.5, 0.6) is 0 Å². The molecule has 4 aromatic rings. The van der Waals surface area contributed by atoms with Gasteiger partial charge in [-0.25, -0.2) is 13.4 Å². The number of carbonyl (C=O) groups excluding carboxylic acids is 2. The zero-order chi connectivity index (χ0) is 30.0. The third kappa shape index (κ3) is 6.12. The Labute approximate surface area is 254 Å². The first-order valence-corrected chi connectivity index (χ1v) is 16.5. The number of hydrogen-bond acceptors (Lipinski definition) is 8. The van der Waals surface area contributed by atoms with Gasteiger partial charge in [-0.3, -0.25) is 14.5 Å². The van der Waals surface area contributed by atoms with Crippen LogP contribution >= 0.6 is 11.3 Å². The van der Waals surface area contributed by atoms with E-state index in [1.165, 1.54) is 41.2 Å². The summed E-state index contributed by atoms with van der Waals surface area (Å²) in [7, 11) is -3.95. The van der Waals surface area contributed by atoms with Gasteiger partial charge in [-0.05, 0) is 61.7 Å². The highest BCUT2D eigenvalue weighted by Gasteiger charge is 2.33. The minimum atomic E-state index is -3.95. The van der Waals surface area contributed by atoms with Crippen molar-refractivity contribution in [3.63, 3.8) is 0 Å². The summed E-state index contributed by atoms with van der Waals surface area (Å²) >= 11 is 1.51. The van der Waals surface area contributed by atoms with Gasteiger partial charge in [-0.15, -0.1) is 11.3 Å². The number of sulfone groups is 1. The SMILES string of the molecule is Cc1c(C(=O)NCc2cnc(-c3ccc(CCCN4CCOCC4)cc3)s2)ccc2c1NC(=O)c1ccccc1S2(=O)=O. The van der Waals surface area contributed by atoms with Crippen molar-refractivity contribution in [3.05, 3.63) is 94.0 Å². The predicted molar refractivity (Wildman–Crippen MR) is 165 cm³/mol. The smallest absolute Gasteiger partial charge is 0.257 e. The predicted octanol–water partition coefficient (Wildman–Crippen LogP) is 4.71. The van der Waals surface area contributed by atoms with Crippen LogP contribution in [-0.2, 0) is 27.5 Å². The standard InChI is InChI=1S/C32H32N4O5S2/c1-21-25(12-13-28-29(21)35-31(38)26-6-2-3-7-27(26)43(28,39)40)30(37)33-19-24-20-34-32(42-24)23-10-8-22(9-11-23)5-4-14-36-15-17-41-18-16-36/h2-3,6-13,20H,4-5,14-19H2,1H3,(H,33,37)(H,35,38). The highest BCUT2D eigenvalue weighted by atomic mass is 32.2. The number of rotatable bonds is 8. The fraction of sp³-hybridized carbons (Fsp3) is 0.281. The van der Waals surface area contributed by atoms with Crippen LogP contribution in [0, 0.1) is 6.92 Å². The molecule has 3 aromatic carbocycles. The van der Waals surface area contributed by atoms with E-state index in [2.05, 4.69) is 44.8 Å². The molecular formula is C32H32N4O5S2. The lowest BCUT2D eigenvalue weighted by molar-refractivity contribution is 0.0374. The Bertz CT molecular complexity index is 1780. The molecule has 0 spiro atoms. The molecule has 1 fully saturated rings. The number of nitrogens with zero attached hydrogens (tertiary/aromatic N) is 2. The number of amides is 2. The Morgan fingerprint density at radius 1 is 1.05 bits per heavy atom. The van der Waals surface area contributed by atoms with Crippen molar-refractivity contribution in [2.24, 2.45) is 0 Å². The second-order valence-corrected chi connectivity index (χ2v) is 13.6. The Morgan fingerprint density at radius 2 is 1.81 bits per heavy atom. The van der Waals surface area contributed by atoms with Gasteiger partial charge >= 0.3 is 0 Å². The molecule has 2 amide bonds. The number of hydrogen-bond donors (Lipinski definition) is 2. The minimum absolute atomic E-state index is 0.0323. The third-order valence-corrected chi connectivity index (χ3v) is 10.7. The second-order valence-electron chi connectivity index (χ2n) is 10.6. The summed E-state index contributed by atoms with van der Waals surface area (Å²) in [6.45, 7) is 6.65. The minimum Gasteiger partial charge on any atom is -0.379 e. The molecule has 3 heterocycles. The van der Waals surface area contributed by atoms with Gasteiger partial charge in [0.1, 0.15) is 5.01 Å². The maximum Gasteiger partial charge on any atom is 0.257 e. The molecule has 0 saturated carbocycles. The van der Waals surface area contributed by atoms with E-state index in [-0.39, 0.29) is 39.1 Å². The Morgan fingerprint density at radius 3 is 2.60 bits per heavy atom. The number of aryl methyl sites for hydroxylation is 1. The molecule has 2 aliphatic heterocycles. The van der Waals surface area contributed by atoms with Crippen LogP contribution in [0.25, 0.3) is 10.6 Å². The number of benzene rings is 3. The number of aromatic nitrogens is 1. The summed E-state index contributed by atoms with van der Waals surface area (Å²) in [5, 5.41) is 6.49. The summed E-state index contributed by atoms with van der Waals surface area (Å²) in [6, 6.07) is 17.4. The summed E-state index contributed by atoms with van der Waals surface area (Å²) in [6.07, 6.45) is 3.89. The van der Waals surface area contributed by atoms with E-state index in [1.807, 2.05) is 0 Å². The zero-order valence-corrected chi connectivity index (χ0v) is 25.4. The third-order valence-electron chi connectivity index (χ3n) is 7.84. The molecule has 0 unspecified atom stereocenters. The van der Waals surface area contributed by atoms with Gasteiger partial charge in [0.05, 0.1) is 40.8 Å². The molecule has 0 aliphatic carbocycles. The summed E-state index contributed by atoms with van der Waals surface area (Å²) in [5.41, 5.74) is 3.19. The number of thiazole rings is 1. The maximum absolute atomic E-state index is 13.3. The van der Waals surface area contributed by atoms with Gasteiger partial charge in [0.25, 0.3) is 11.8 Å². The monoisotopic (exact) mass is 616 g/mol. The lowest BCUT2D eigenvalue weighted by Gasteiger charge is -2.26. The topological polar surface area (TPSA) is 118 Å². The first-order chi connectivity index (χ1) is 20.8. The molecule has 0 radical (unpaired) electrons. The molecule has 11 heteroatoms. The van der Waals surface area contributed by atoms with E-state index < -0.39 is 15.7 Å². The van der Waals surface area contributed by atoms with Gasteiger partial charge in [0.15, 0.2) is 0 Å². The summed E-state index contributed by atoms with van der Waals surface area (Å²) in [4.78, 5) is 33.8. The fourth-order valence-corrected chi connectivity index (χ4v) is 7.95. The average Bonchev–Trinajstić information content (AvgIpc) is 3.48. The van der Waals surface area contributed by atoms with Gasteiger partial charge in [0.2, 0.25) is 9.84 Å². The summed E-state index contributed by atoms with van der Waals surface area (Å²) < 4.78 is 32.1. The molecule has 222 valence electrons. The van der Waals surface area contributed by atoms with Crippen molar-refractivity contribution in [1.29, 1.82) is 0 Å². The quantitative estimate of drug-likeness (QED) is 0.294. The van der Waals surface area contributed by atoms with E-state index in [9.17, 15) is 18.0 Å². The number of nitrogens with one attached hydrogen (secondary N) is 2. The average molecular weight is 617 g/mol. The molecule has 2 aliphatic rings. The first kappa shape index (κ1) is 29.2. The lowest BCUT2D eigenvalue weighted by atomic mass is 10.1. The highest BCUT2D eigenvalue weighted by Crippen LogP contribution is 2.36. The van der Waals surface area contributed by atoms with Crippen LogP contribution in [0.3, 0.4) is 0 Å². The number of ether oxygens (including phenoxy) is 1. The van der Waals surface area contributed by atoms with E-state index in [0.717, 1.165) is 61.1 Å². The van der Waals surface area contributed by atoms with Crippen LogP contribution in [0.15, 0.2) is 76.7 Å². The molecule has 2 N–H and O–H groups in total. The molecule has 6 rings (SSSR count). The van der Waals surface area contributed by atoms with Gasteiger partial charge in [-0.1, -0.05) is 36.4 Å². The van der Waals surface area contributed by atoms with E-state index in [0.29, 0.717) is 5.56 Å². The largest absolute Gasteiger partial charge is 0.379 e. The van der Waals surface area contributed by atoms with E-state index in [4.69, 9.17) is 4.74 Å². The Hall–Kier alpha value is -3.90. The van der Waals surface area contributed by atoms with Crippen molar-refractivity contribution in [2.75, 3.05) is 38.2 Å². The number of anilines is 1.